The number of nitrogens with one attached hydrogen (secondary N) is 1. The van der Waals surface area contributed by atoms with E-state index in [1.165, 1.54) is 10.1 Å². The monoisotopic (exact) mass is 280 g/mol. The van der Waals surface area contributed by atoms with Crippen molar-refractivity contribution in [3.8, 4) is 11.6 Å². The van der Waals surface area contributed by atoms with Gasteiger partial charge in [0.15, 0.2) is 0 Å². The van der Waals surface area contributed by atoms with Crippen molar-refractivity contribution in [2.45, 2.75) is 12.8 Å². The molecule has 0 bridgehead atoms. The Labute approximate surface area is 122 Å². The molecule has 0 aliphatic heterocycles. The fourth-order valence-corrected chi connectivity index (χ4v) is 2.38. The van der Waals surface area contributed by atoms with Crippen LogP contribution in [-0.2, 0) is 12.8 Å². The van der Waals surface area contributed by atoms with Gasteiger partial charge in [0.25, 0.3) is 0 Å². The maximum atomic E-state index is 12.0. The van der Waals surface area contributed by atoms with Crippen LogP contribution in [0.3, 0.4) is 0 Å². The molecule has 4 nitrogen and oxygen atoms in total. The predicted octanol–water partition coefficient (Wildman–Crippen LogP) is 2.66. The summed E-state index contributed by atoms with van der Waals surface area (Å²) in [6, 6.07) is 19.1. The van der Waals surface area contributed by atoms with Gasteiger partial charge in [-0.05, 0) is 30.5 Å². The largest absolute Gasteiger partial charge is 0.493 e. The molecule has 0 aliphatic rings. The van der Waals surface area contributed by atoms with Crippen molar-refractivity contribution in [2.75, 3.05) is 0 Å². The molecule has 0 aliphatic carbocycles. The van der Waals surface area contributed by atoms with E-state index in [4.69, 9.17) is 0 Å². The third-order valence-electron chi connectivity index (χ3n) is 3.46. The Hall–Kier alpha value is -2.75. The summed E-state index contributed by atoms with van der Waals surface area (Å²) in [5.41, 5.74) is 2.07. The smallest absolute Gasteiger partial charge is 0.333 e. The highest BCUT2D eigenvalue weighted by molar-refractivity contribution is 5.37. The Morgan fingerprint density at radius 3 is 2.19 bits per heavy atom. The van der Waals surface area contributed by atoms with Crippen molar-refractivity contribution in [1.29, 1.82) is 0 Å². The molecule has 1 heterocycles. The molecule has 3 rings (SSSR count). The number of hydrogen-bond acceptors (Lipinski definition) is 2. The van der Waals surface area contributed by atoms with Gasteiger partial charge >= 0.3 is 5.69 Å². The van der Waals surface area contributed by atoms with Gasteiger partial charge in [-0.25, -0.2) is 9.36 Å². The first-order valence-electron chi connectivity index (χ1n) is 6.88. The van der Waals surface area contributed by atoms with Crippen LogP contribution in [0.1, 0.15) is 11.3 Å². The van der Waals surface area contributed by atoms with Gasteiger partial charge in [0.1, 0.15) is 0 Å². The number of hydrogen-bond donors (Lipinski definition) is 2. The Kier molecular flexibility index (Phi) is 3.60. The third-order valence-corrected chi connectivity index (χ3v) is 3.46. The lowest BCUT2D eigenvalue weighted by Gasteiger charge is -2.03. The van der Waals surface area contributed by atoms with E-state index in [1.807, 2.05) is 48.5 Å². The van der Waals surface area contributed by atoms with Gasteiger partial charge in [-0.1, -0.05) is 48.5 Å². The zero-order chi connectivity index (χ0) is 14.7. The number of benzene rings is 2. The Morgan fingerprint density at radius 2 is 1.52 bits per heavy atom. The van der Waals surface area contributed by atoms with E-state index in [1.54, 1.807) is 12.1 Å². The number of aromatic amines is 1. The molecule has 0 atom stereocenters. The van der Waals surface area contributed by atoms with Crippen molar-refractivity contribution in [2.24, 2.45) is 0 Å². The summed E-state index contributed by atoms with van der Waals surface area (Å²) >= 11 is 0. The molecule has 2 N–H and O–H groups in total. The highest BCUT2D eigenvalue weighted by Crippen LogP contribution is 2.19. The summed E-state index contributed by atoms with van der Waals surface area (Å²) in [5.74, 6) is -0.0119. The van der Waals surface area contributed by atoms with E-state index in [2.05, 4.69) is 4.98 Å². The minimum absolute atomic E-state index is 0.0119. The molecule has 0 spiro atoms. The average molecular weight is 280 g/mol. The minimum Gasteiger partial charge on any atom is -0.493 e. The van der Waals surface area contributed by atoms with E-state index in [0.717, 1.165) is 6.42 Å². The van der Waals surface area contributed by atoms with Crippen LogP contribution in [0.25, 0.3) is 5.69 Å². The van der Waals surface area contributed by atoms with E-state index in [9.17, 15) is 9.90 Å². The Balaban J connectivity index is 1.87. The summed E-state index contributed by atoms with van der Waals surface area (Å²) in [7, 11) is 0. The molecule has 21 heavy (non-hydrogen) atoms. The summed E-state index contributed by atoms with van der Waals surface area (Å²) in [5, 5.41) is 10.3. The SMILES string of the molecule is O=c1[nH]c(CCc2ccccc2)c(O)n1-c1ccccc1. The predicted molar refractivity (Wildman–Crippen MR) is 81.9 cm³/mol. The van der Waals surface area contributed by atoms with E-state index in [0.29, 0.717) is 17.8 Å². The molecule has 0 unspecified atom stereocenters. The van der Waals surface area contributed by atoms with Crippen LogP contribution in [0.4, 0.5) is 0 Å². The third kappa shape index (κ3) is 2.74. The van der Waals surface area contributed by atoms with Crippen molar-refractivity contribution in [1.82, 2.24) is 9.55 Å². The molecule has 0 saturated heterocycles. The molecule has 0 radical (unpaired) electrons. The lowest BCUT2D eigenvalue weighted by atomic mass is 10.1. The second kappa shape index (κ2) is 5.71. The highest BCUT2D eigenvalue weighted by atomic mass is 16.3. The molecule has 0 fully saturated rings. The number of aryl methyl sites for hydroxylation is 2. The summed E-state index contributed by atoms with van der Waals surface area (Å²) in [6.45, 7) is 0. The summed E-state index contributed by atoms with van der Waals surface area (Å²) in [4.78, 5) is 14.8. The Morgan fingerprint density at radius 1 is 0.905 bits per heavy atom. The number of H-pyrrole nitrogens is 1. The standard InChI is InChI=1S/C17H16N2O2/c20-16-15(12-11-13-7-3-1-4-8-13)18-17(21)19(16)14-9-5-2-6-10-14/h1-10,20H,11-12H2,(H,18,21). The van der Waals surface area contributed by atoms with Gasteiger partial charge in [0, 0.05) is 0 Å². The lowest BCUT2D eigenvalue weighted by Crippen LogP contribution is -2.14. The van der Waals surface area contributed by atoms with Gasteiger partial charge in [-0.2, -0.15) is 0 Å². The second-order valence-electron chi connectivity index (χ2n) is 4.89. The second-order valence-corrected chi connectivity index (χ2v) is 4.89. The van der Waals surface area contributed by atoms with Gasteiger partial charge in [-0.15, -0.1) is 0 Å². The fraction of sp³-hybridized carbons (Fsp3) is 0.118. The van der Waals surface area contributed by atoms with Crippen LogP contribution < -0.4 is 5.69 Å². The average Bonchev–Trinajstić information content (AvgIpc) is 2.81. The van der Waals surface area contributed by atoms with Crippen LogP contribution in [0.2, 0.25) is 0 Å². The topological polar surface area (TPSA) is 58.0 Å². The summed E-state index contributed by atoms with van der Waals surface area (Å²) < 4.78 is 1.29. The maximum Gasteiger partial charge on any atom is 0.333 e. The van der Waals surface area contributed by atoms with Crippen LogP contribution in [0, 0.1) is 0 Å². The van der Waals surface area contributed by atoms with Crippen LogP contribution in [-0.4, -0.2) is 14.7 Å². The van der Waals surface area contributed by atoms with Gasteiger partial charge in [0.2, 0.25) is 5.88 Å². The van der Waals surface area contributed by atoms with Crippen molar-refractivity contribution >= 4 is 0 Å². The lowest BCUT2D eigenvalue weighted by molar-refractivity contribution is 0.434. The first-order chi connectivity index (χ1) is 10.3. The van der Waals surface area contributed by atoms with Gasteiger partial charge in [-0.3, -0.25) is 0 Å². The van der Waals surface area contributed by atoms with E-state index < -0.39 is 0 Å². The number of aromatic nitrogens is 2. The number of nitrogens with zero attached hydrogens (tertiary/aromatic N) is 1. The minimum atomic E-state index is -0.318. The number of para-hydroxylation sites is 1. The van der Waals surface area contributed by atoms with Crippen molar-refractivity contribution in [3.05, 3.63) is 82.4 Å². The van der Waals surface area contributed by atoms with Crippen molar-refractivity contribution in [3.63, 3.8) is 0 Å². The van der Waals surface area contributed by atoms with E-state index in [-0.39, 0.29) is 11.6 Å². The highest BCUT2D eigenvalue weighted by Gasteiger charge is 2.14. The van der Waals surface area contributed by atoms with Crippen LogP contribution in [0.15, 0.2) is 65.5 Å². The zero-order valence-corrected chi connectivity index (χ0v) is 11.5. The molecule has 2 aromatic carbocycles. The van der Waals surface area contributed by atoms with E-state index >= 15 is 0 Å². The maximum absolute atomic E-state index is 12.0. The van der Waals surface area contributed by atoms with Gasteiger partial charge in [0.05, 0.1) is 11.4 Å². The normalized spacial score (nSPS) is 10.7. The molecule has 4 heteroatoms. The quantitative estimate of drug-likeness (QED) is 0.772. The Bertz CT molecular complexity index is 774. The first kappa shape index (κ1) is 13.2. The first-order valence-corrected chi connectivity index (χ1v) is 6.88. The molecule has 1 aromatic heterocycles. The molecule has 0 saturated carbocycles. The van der Waals surface area contributed by atoms with Gasteiger partial charge < -0.3 is 10.1 Å². The molecule has 0 amide bonds. The number of rotatable bonds is 4. The number of imidazole rings is 1. The molecule has 106 valence electrons. The number of aromatic hydroxyl groups is 1. The van der Waals surface area contributed by atoms with Crippen molar-refractivity contribution < 1.29 is 5.11 Å². The molecular weight excluding hydrogens is 264 g/mol. The zero-order valence-electron chi connectivity index (χ0n) is 11.5. The molecule has 3 aromatic rings. The van der Waals surface area contributed by atoms with Crippen LogP contribution >= 0.6 is 0 Å². The van der Waals surface area contributed by atoms with Crippen LogP contribution in [0.5, 0.6) is 5.88 Å². The fourth-order valence-electron chi connectivity index (χ4n) is 2.38. The molecular formula is C17H16N2O2. The summed E-state index contributed by atoms with van der Waals surface area (Å²) in [6.07, 6.45) is 1.36.